The second-order valence-electron chi connectivity index (χ2n) is 3.67. The SMILES string of the molecule is CC(Cl)COP(=O)(OCC(C)Cl)OC(C)CCl. The van der Waals surface area contributed by atoms with E-state index >= 15 is 0 Å². The number of halogens is 3. The summed E-state index contributed by atoms with van der Waals surface area (Å²) in [5, 5.41) is -0.592. The molecule has 0 aromatic rings. The largest absolute Gasteiger partial charge is 0.475 e. The summed E-state index contributed by atoms with van der Waals surface area (Å²) < 4.78 is 27.5. The maximum atomic E-state index is 12.1. The van der Waals surface area contributed by atoms with Crippen LogP contribution in [0.4, 0.5) is 0 Å². The van der Waals surface area contributed by atoms with Gasteiger partial charge in [0.2, 0.25) is 0 Å². The van der Waals surface area contributed by atoms with Gasteiger partial charge < -0.3 is 0 Å². The van der Waals surface area contributed by atoms with Crippen molar-refractivity contribution in [2.45, 2.75) is 37.6 Å². The van der Waals surface area contributed by atoms with Crippen LogP contribution in [0.2, 0.25) is 0 Å². The molecule has 0 aliphatic rings. The van der Waals surface area contributed by atoms with Gasteiger partial charge in [0.15, 0.2) is 0 Å². The molecule has 0 aliphatic heterocycles. The van der Waals surface area contributed by atoms with E-state index in [1.807, 2.05) is 0 Å². The molecule has 8 heteroatoms. The van der Waals surface area contributed by atoms with Gasteiger partial charge in [-0.1, -0.05) is 0 Å². The van der Waals surface area contributed by atoms with Crippen LogP contribution in [0, 0.1) is 0 Å². The lowest BCUT2D eigenvalue weighted by molar-refractivity contribution is 0.0928. The monoisotopic (exact) mass is 326 g/mol. The molecule has 0 aliphatic carbocycles. The molecule has 0 spiro atoms. The summed E-state index contributed by atoms with van der Waals surface area (Å²) in [7, 11) is -3.65. The number of hydrogen-bond donors (Lipinski definition) is 0. The van der Waals surface area contributed by atoms with E-state index in [4.69, 9.17) is 48.4 Å². The molecule has 104 valence electrons. The Bertz CT molecular complexity index is 234. The minimum Gasteiger partial charge on any atom is -0.285 e. The third-order valence-corrected chi connectivity index (χ3v) is 3.69. The van der Waals surface area contributed by atoms with E-state index in [0.29, 0.717) is 0 Å². The van der Waals surface area contributed by atoms with E-state index in [1.165, 1.54) is 0 Å². The molecule has 0 saturated heterocycles. The Morgan fingerprint density at radius 3 is 1.76 bits per heavy atom. The lowest BCUT2D eigenvalue weighted by Crippen LogP contribution is -2.15. The molecule has 0 aromatic heterocycles. The minimum absolute atomic E-state index is 0.0600. The number of alkyl halides is 3. The fraction of sp³-hybridized carbons (Fsp3) is 1.00. The van der Waals surface area contributed by atoms with E-state index in [1.54, 1.807) is 20.8 Å². The number of phosphoric ester groups is 1. The molecule has 0 aromatic carbocycles. The third-order valence-electron chi connectivity index (χ3n) is 1.45. The van der Waals surface area contributed by atoms with Gasteiger partial charge in [0.1, 0.15) is 0 Å². The zero-order valence-corrected chi connectivity index (χ0v) is 13.2. The fourth-order valence-corrected chi connectivity index (χ4v) is 2.71. The van der Waals surface area contributed by atoms with Crippen molar-refractivity contribution in [2.24, 2.45) is 0 Å². The zero-order chi connectivity index (χ0) is 13.5. The first kappa shape index (κ1) is 18.0. The first-order valence-corrected chi connectivity index (χ1v) is 8.07. The van der Waals surface area contributed by atoms with Crippen LogP contribution in [0.5, 0.6) is 0 Å². The molecular formula is C9H18Cl3O4P. The molecule has 0 radical (unpaired) electrons. The van der Waals surface area contributed by atoms with Gasteiger partial charge >= 0.3 is 7.82 Å². The lowest BCUT2D eigenvalue weighted by Gasteiger charge is -2.21. The number of hydrogen-bond acceptors (Lipinski definition) is 4. The Morgan fingerprint density at radius 1 is 1.06 bits per heavy atom. The summed E-state index contributed by atoms with van der Waals surface area (Å²) in [6.45, 7) is 5.21. The van der Waals surface area contributed by atoms with Gasteiger partial charge in [0, 0.05) is 5.88 Å². The van der Waals surface area contributed by atoms with Crippen LogP contribution in [-0.2, 0) is 18.1 Å². The molecule has 0 fully saturated rings. The zero-order valence-electron chi connectivity index (χ0n) is 10.1. The van der Waals surface area contributed by atoms with E-state index in [0.717, 1.165) is 0 Å². The lowest BCUT2D eigenvalue weighted by atomic mass is 10.5. The van der Waals surface area contributed by atoms with E-state index in [-0.39, 0.29) is 29.8 Å². The standard InChI is InChI=1S/C9H18Cl3O4P/c1-7(11)5-14-17(13,15-6-8(2)12)16-9(3)4-10/h7-9H,4-6H2,1-3H3. The second-order valence-corrected chi connectivity index (χ2v) is 7.09. The van der Waals surface area contributed by atoms with Crippen molar-refractivity contribution in [2.75, 3.05) is 19.1 Å². The van der Waals surface area contributed by atoms with Crippen LogP contribution in [0.15, 0.2) is 0 Å². The van der Waals surface area contributed by atoms with Crippen LogP contribution in [-0.4, -0.2) is 36.0 Å². The van der Waals surface area contributed by atoms with Crippen molar-refractivity contribution in [1.29, 1.82) is 0 Å². The molecule has 3 atom stereocenters. The van der Waals surface area contributed by atoms with Crippen LogP contribution in [0.3, 0.4) is 0 Å². The average Bonchev–Trinajstić information content (AvgIpc) is 2.24. The quantitative estimate of drug-likeness (QED) is 0.474. The summed E-state index contributed by atoms with van der Waals surface area (Å²) >= 11 is 17.0. The van der Waals surface area contributed by atoms with Gasteiger partial charge in [0.25, 0.3) is 0 Å². The topological polar surface area (TPSA) is 44.8 Å². The highest BCUT2D eigenvalue weighted by atomic mass is 35.5. The predicted molar refractivity (Wildman–Crippen MR) is 71.4 cm³/mol. The van der Waals surface area contributed by atoms with Crippen LogP contribution < -0.4 is 0 Å². The number of phosphoric acid groups is 1. The highest BCUT2D eigenvalue weighted by molar-refractivity contribution is 7.48. The third kappa shape index (κ3) is 9.54. The van der Waals surface area contributed by atoms with Crippen molar-refractivity contribution in [3.05, 3.63) is 0 Å². The molecule has 0 bridgehead atoms. The van der Waals surface area contributed by atoms with Gasteiger partial charge in [-0.05, 0) is 20.8 Å². The normalized spacial score (nSPS) is 20.6. The van der Waals surface area contributed by atoms with Crippen LogP contribution >= 0.6 is 42.6 Å². The Balaban J connectivity index is 4.39. The van der Waals surface area contributed by atoms with E-state index in [9.17, 15) is 4.57 Å². The number of rotatable bonds is 9. The summed E-state index contributed by atoms with van der Waals surface area (Å²) in [6.07, 6.45) is -0.446. The Morgan fingerprint density at radius 2 is 1.47 bits per heavy atom. The second kappa shape index (κ2) is 8.98. The van der Waals surface area contributed by atoms with Gasteiger partial charge in [0.05, 0.1) is 30.1 Å². The molecule has 0 N–H and O–H groups in total. The highest BCUT2D eigenvalue weighted by Crippen LogP contribution is 2.51. The van der Waals surface area contributed by atoms with Crippen molar-refractivity contribution in [3.8, 4) is 0 Å². The highest BCUT2D eigenvalue weighted by Gasteiger charge is 2.30. The predicted octanol–water partition coefficient (Wildman–Crippen LogP) is 4.03. The van der Waals surface area contributed by atoms with Crippen molar-refractivity contribution >= 4 is 42.6 Å². The van der Waals surface area contributed by atoms with Gasteiger partial charge in [-0.15, -0.1) is 34.8 Å². The first-order chi connectivity index (χ1) is 7.79. The Labute approximate surface area is 117 Å². The molecule has 0 saturated carbocycles. The van der Waals surface area contributed by atoms with Gasteiger partial charge in [-0.25, -0.2) is 4.57 Å². The summed E-state index contributed by atoms with van der Waals surface area (Å²) in [4.78, 5) is 0. The first-order valence-electron chi connectivity index (χ1n) is 5.20. The maximum absolute atomic E-state index is 12.1. The molecule has 4 nitrogen and oxygen atoms in total. The fourth-order valence-electron chi connectivity index (χ4n) is 0.735. The molecule has 0 heterocycles. The van der Waals surface area contributed by atoms with Crippen LogP contribution in [0.1, 0.15) is 20.8 Å². The molecular weight excluding hydrogens is 309 g/mol. The van der Waals surface area contributed by atoms with E-state index in [2.05, 4.69) is 0 Å². The van der Waals surface area contributed by atoms with Crippen molar-refractivity contribution < 1.29 is 18.1 Å². The van der Waals surface area contributed by atoms with Gasteiger partial charge in [-0.3, -0.25) is 13.6 Å². The Kier molecular flexibility index (Phi) is 9.49. The minimum atomic E-state index is -3.65. The van der Waals surface area contributed by atoms with Crippen molar-refractivity contribution in [1.82, 2.24) is 0 Å². The molecule has 0 amide bonds. The van der Waals surface area contributed by atoms with Crippen LogP contribution in [0.25, 0.3) is 0 Å². The molecule has 0 rings (SSSR count). The smallest absolute Gasteiger partial charge is 0.285 e. The summed E-state index contributed by atoms with van der Waals surface area (Å²) in [5.74, 6) is 0.184. The Hall–Kier alpha value is 0.980. The summed E-state index contributed by atoms with van der Waals surface area (Å²) in [5.41, 5.74) is 0. The van der Waals surface area contributed by atoms with Gasteiger partial charge in [-0.2, -0.15) is 0 Å². The molecule has 3 unspecified atom stereocenters. The summed E-state index contributed by atoms with van der Waals surface area (Å²) in [6, 6.07) is 0. The van der Waals surface area contributed by atoms with E-state index < -0.39 is 13.9 Å². The van der Waals surface area contributed by atoms with Crippen molar-refractivity contribution in [3.63, 3.8) is 0 Å². The maximum Gasteiger partial charge on any atom is 0.475 e. The average molecular weight is 328 g/mol. The molecule has 17 heavy (non-hydrogen) atoms.